The second-order valence-corrected chi connectivity index (χ2v) is 3.66. The summed E-state index contributed by atoms with van der Waals surface area (Å²) in [6, 6.07) is 1.95. The van der Waals surface area contributed by atoms with E-state index in [1.165, 1.54) is 0 Å². The molecule has 18 heavy (non-hydrogen) atoms. The van der Waals surface area contributed by atoms with Gasteiger partial charge in [0.05, 0.1) is 26.9 Å². The third kappa shape index (κ3) is 4.89. The molecule has 0 aliphatic carbocycles. The maximum absolute atomic E-state index is 5.60. The Balaban J connectivity index is 2.39. The summed E-state index contributed by atoms with van der Waals surface area (Å²) in [7, 11) is 3.22. The van der Waals surface area contributed by atoms with Crippen molar-refractivity contribution in [3.05, 3.63) is 17.8 Å². The molecule has 5 heteroatoms. The number of hydrogen-bond donors (Lipinski definition) is 0. The van der Waals surface area contributed by atoms with Gasteiger partial charge in [0.1, 0.15) is 6.61 Å². The van der Waals surface area contributed by atoms with Gasteiger partial charge in [0, 0.05) is 13.3 Å². The Bertz CT molecular complexity index is 344. The SMILES string of the molecule is CCc1cnc(OC)c(OCCOCCOC)c1. The molecule has 1 aromatic rings. The number of hydrogen-bond acceptors (Lipinski definition) is 5. The average Bonchev–Trinajstić information content (AvgIpc) is 2.42. The minimum Gasteiger partial charge on any atom is -0.486 e. The summed E-state index contributed by atoms with van der Waals surface area (Å²) in [4.78, 5) is 4.19. The van der Waals surface area contributed by atoms with Crippen LogP contribution < -0.4 is 9.47 Å². The van der Waals surface area contributed by atoms with Crippen LogP contribution >= 0.6 is 0 Å². The van der Waals surface area contributed by atoms with Crippen molar-refractivity contribution in [2.45, 2.75) is 13.3 Å². The Kier molecular flexibility index (Phi) is 7.13. The van der Waals surface area contributed by atoms with E-state index in [-0.39, 0.29) is 0 Å². The Hall–Kier alpha value is -1.33. The molecule has 0 saturated heterocycles. The fourth-order valence-corrected chi connectivity index (χ4v) is 1.38. The first-order valence-corrected chi connectivity index (χ1v) is 6.04. The van der Waals surface area contributed by atoms with Crippen LogP contribution in [0.4, 0.5) is 0 Å². The lowest BCUT2D eigenvalue weighted by molar-refractivity contribution is 0.0538. The normalized spacial score (nSPS) is 10.4. The molecule has 1 heterocycles. The number of nitrogens with zero attached hydrogens (tertiary/aromatic N) is 1. The van der Waals surface area contributed by atoms with Gasteiger partial charge in [-0.2, -0.15) is 0 Å². The molecule has 0 atom stereocenters. The molecule has 0 aliphatic rings. The van der Waals surface area contributed by atoms with Crippen molar-refractivity contribution in [2.75, 3.05) is 40.6 Å². The third-order valence-electron chi connectivity index (χ3n) is 2.39. The summed E-state index contributed by atoms with van der Waals surface area (Å²) in [5.41, 5.74) is 1.12. The van der Waals surface area contributed by atoms with E-state index in [0.29, 0.717) is 38.1 Å². The van der Waals surface area contributed by atoms with Crippen LogP contribution in [0, 0.1) is 0 Å². The molecule has 0 unspecified atom stereocenters. The van der Waals surface area contributed by atoms with E-state index >= 15 is 0 Å². The number of pyridine rings is 1. The van der Waals surface area contributed by atoms with Gasteiger partial charge in [0.15, 0.2) is 5.75 Å². The number of ether oxygens (including phenoxy) is 4. The van der Waals surface area contributed by atoms with E-state index in [1.807, 2.05) is 6.07 Å². The van der Waals surface area contributed by atoms with Gasteiger partial charge < -0.3 is 18.9 Å². The summed E-state index contributed by atoms with van der Waals surface area (Å²) >= 11 is 0. The molecule has 0 saturated carbocycles. The molecule has 1 aromatic heterocycles. The number of aromatic nitrogens is 1. The van der Waals surface area contributed by atoms with Crippen LogP contribution in [0.2, 0.25) is 0 Å². The maximum Gasteiger partial charge on any atom is 0.256 e. The van der Waals surface area contributed by atoms with Crippen LogP contribution in [-0.2, 0) is 15.9 Å². The number of rotatable bonds is 9. The van der Waals surface area contributed by atoms with E-state index in [1.54, 1.807) is 20.4 Å². The van der Waals surface area contributed by atoms with Gasteiger partial charge in [-0.25, -0.2) is 4.98 Å². The van der Waals surface area contributed by atoms with Crippen molar-refractivity contribution < 1.29 is 18.9 Å². The zero-order valence-corrected chi connectivity index (χ0v) is 11.3. The summed E-state index contributed by atoms with van der Waals surface area (Å²) in [5.74, 6) is 1.16. The highest BCUT2D eigenvalue weighted by Gasteiger charge is 2.06. The Labute approximate surface area is 108 Å². The van der Waals surface area contributed by atoms with E-state index in [9.17, 15) is 0 Å². The zero-order chi connectivity index (χ0) is 13.2. The highest BCUT2D eigenvalue weighted by Crippen LogP contribution is 2.25. The maximum atomic E-state index is 5.60. The first kappa shape index (κ1) is 14.7. The Morgan fingerprint density at radius 1 is 1.11 bits per heavy atom. The van der Waals surface area contributed by atoms with Crippen LogP contribution in [0.5, 0.6) is 11.6 Å². The fraction of sp³-hybridized carbons (Fsp3) is 0.615. The fourth-order valence-electron chi connectivity index (χ4n) is 1.38. The van der Waals surface area contributed by atoms with Gasteiger partial charge in [0.2, 0.25) is 0 Å². The van der Waals surface area contributed by atoms with Crippen LogP contribution in [0.3, 0.4) is 0 Å². The Morgan fingerprint density at radius 3 is 2.56 bits per heavy atom. The minimum atomic E-state index is 0.467. The molecule has 0 amide bonds. The molecular weight excluding hydrogens is 234 g/mol. The molecule has 0 radical (unpaired) electrons. The van der Waals surface area contributed by atoms with Crippen molar-refractivity contribution in [1.29, 1.82) is 0 Å². The molecule has 0 spiro atoms. The summed E-state index contributed by atoms with van der Waals surface area (Å²) in [6.07, 6.45) is 2.71. The summed E-state index contributed by atoms with van der Waals surface area (Å²) in [5, 5.41) is 0. The molecular formula is C13H21NO4. The highest BCUT2D eigenvalue weighted by molar-refractivity contribution is 5.36. The molecule has 5 nitrogen and oxygen atoms in total. The van der Waals surface area contributed by atoms with Crippen molar-refractivity contribution in [3.8, 4) is 11.6 Å². The number of methoxy groups -OCH3 is 2. The standard InChI is InChI=1S/C13H21NO4/c1-4-11-9-12(13(16-3)14-10-11)18-8-7-17-6-5-15-2/h9-10H,4-8H2,1-3H3. The zero-order valence-electron chi connectivity index (χ0n) is 11.3. The molecule has 0 aromatic carbocycles. The van der Waals surface area contributed by atoms with Gasteiger partial charge in [-0.3, -0.25) is 0 Å². The van der Waals surface area contributed by atoms with Crippen LogP contribution in [0.1, 0.15) is 12.5 Å². The molecule has 0 bridgehead atoms. The minimum absolute atomic E-state index is 0.467. The molecule has 0 N–H and O–H groups in total. The van der Waals surface area contributed by atoms with Gasteiger partial charge in [-0.05, 0) is 18.1 Å². The van der Waals surface area contributed by atoms with Crippen molar-refractivity contribution >= 4 is 0 Å². The van der Waals surface area contributed by atoms with Gasteiger partial charge in [-0.15, -0.1) is 0 Å². The number of aryl methyl sites for hydroxylation is 1. The lowest BCUT2D eigenvalue weighted by Crippen LogP contribution is -2.10. The lowest BCUT2D eigenvalue weighted by Gasteiger charge is -2.11. The summed E-state index contributed by atoms with van der Waals surface area (Å²) < 4.78 is 20.9. The first-order chi connectivity index (χ1) is 8.81. The van der Waals surface area contributed by atoms with Crippen molar-refractivity contribution in [1.82, 2.24) is 4.98 Å². The predicted molar refractivity (Wildman–Crippen MR) is 68.4 cm³/mol. The first-order valence-electron chi connectivity index (χ1n) is 6.04. The van der Waals surface area contributed by atoms with E-state index in [2.05, 4.69) is 11.9 Å². The second-order valence-electron chi connectivity index (χ2n) is 3.66. The lowest BCUT2D eigenvalue weighted by atomic mass is 10.2. The van der Waals surface area contributed by atoms with Crippen molar-refractivity contribution in [2.24, 2.45) is 0 Å². The average molecular weight is 255 g/mol. The highest BCUT2D eigenvalue weighted by atomic mass is 16.5. The van der Waals surface area contributed by atoms with E-state index in [0.717, 1.165) is 12.0 Å². The Morgan fingerprint density at radius 2 is 1.89 bits per heavy atom. The summed E-state index contributed by atoms with van der Waals surface area (Å²) in [6.45, 7) is 4.22. The third-order valence-corrected chi connectivity index (χ3v) is 2.39. The molecule has 102 valence electrons. The van der Waals surface area contributed by atoms with Gasteiger partial charge in [0.25, 0.3) is 5.88 Å². The molecule has 0 fully saturated rings. The van der Waals surface area contributed by atoms with Gasteiger partial charge >= 0.3 is 0 Å². The van der Waals surface area contributed by atoms with E-state index < -0.39 is 0 Å². The molecule has 0 aliphatic heterocycles. The topological polar surface area (TPSA) is 49.8 Å². The largest absolute Gasteiger partial charge is 0.486 e. The monoisotopic (exact) mass is 255 g/mol. The van der Waals surface area contributed by atoms with Crippen molar-refractivity contribution in [3.63, 3.8) is 0 Å². The van der Waals surface area contributed by atoms with E-state index in [4.69, 9.17) is 18.9 Å². The van der Waals surface area contributed by atoms with Crippen LogP contribution in [-0.4, -0.2) is 45.6 Å². The second kappa shape index (κ2) is 8.72. The smallest absolute Gasteiger partial charge is 0.256 e. The van der Waals surface area contributed by atoms with Crippen LogP contribution in [0.15, 0.2) is 12.3 Å². The molecule has 1 rings (SSSR count). The van der Waals surface area contributed by atoms with Gasteiger partial charge in [-0.1, -0.05) is 6.92 Å². The quantitative estimate of drug-likeness (QED) is 0.628. The predicted octanol–water partition coefficient (Wildman–Crippen LogP) is 1.69. The van der Waals surface area contributed by atoms with Crippen LogP contribution in [0.25, 0.3) is 0 Å².